The molecule has 4 nitrogen and oxygen atoms in total. The predicted octanol–water partition coefficient (Wildman–Crippen LogP) is 2.97. The fraction of sp³-hybridized carbons (Fsp3) is 0.182. The standard InChI is InChI=1S/C11H11NO3S/c1-2-15-11(16)8-5-9-3-6-10(7-4-9)12(13)14/h3-8H,2H2,1H3/b8-5+. The molecule has 0 saturated carbocycles. The molecule has 0 spiro atoms. The van der Waals surface area contributed by atoms with Crippen molar-refractivity contribution in [3.05, 3.63) is 46.0 Å². The molecule has 0 amide bonds. The van der Waals surface area contributed by atoms with Gasteiger partial charge < -0.3 is 4.74 Å². The quantitative estimate of drug-likeness (QED) is 0.349. The lowest BCUT2D eigenvalue weighted by Gasteiger charge is -1.98. The van der Waals surface area contributed by atoms with Crippen molar-refractivity contribution in [2.45, 2.75) is 6.92 Å². The number of rotatable bonds is 4. The van der Waals surface area contributed by atoms with Crippen molar-refractivity contribution in [2.75, 3.05) is 6.61 Å². The Labute approximate surface area is 98.7 Å². The van der Waals surface area contributed by atoms with Crippen LogP contribution < -0.4 is 0 Å². The van der Waals surface area contributed by atoms with Gasteiger partial charge in [0.1, 0.15) is 0 Å². The second-order valence-electron chi connectivity index (χ2n) is 2.93. The minimum Gasteiger partial charge on any atom is -0.484 e. The SMILES string of the molecule is CCOC(=S)/C=C/c1ccc([N+](=O)[O-])cc1. The van der Waals surface area contributed by atoms with E-state index in [1.807, 2.05) is 6.92 Å². The van der Waals surface area contributed by atoms with Crippen molar-refractivity contribution in [1.29, 1.82) is 0 Å². The van der Waals surface area contributed by atoms with E-state index in [4.69, 9.17) is 17.0 Å². The van der Waals surface area contributed by atoms with Crippen LogP contribution in [-0.4, -0.2) is 16.6 Å². The zero-order chi connectivity index (χ0) is 12.0. The van der Waals surface area contributed by atoms with Gasteiger partial charge in [-0.05, 0) is 42.9 Å². The van der Waals surface area contributed by atoms with Crippen LogP contribution in [0.2, 0.25) is 0 Å². The first-order valence-electron chi connectivity index (χ1n) is 4.72. The molecule has 0 fully saturated rings. The molecule has 0 N–H and O–H groups in total. The van der Waals surface area contributed by atoms with Gasteiger partial charge in [-0.25, -0.2) is 0 Å². The summed E-state index contributed by atoms with van der Waals surface area (Å²) >= 11 is 4.90. The number of nitro benzene ring substituents is 1. The first-order valence-corrected chi connectivity index (χ1v) is 5.13. The molecule has 0 aromatic heterocycles. The number of nitro groups is 1. The molecule has 1 aromatic rings. The summed E-state index contributed by atoms with van der Waals surface area (Å²) in [6.07, 6.45) is 3.40. The van der Waals surface area contributed by atoms with E-state index in [1.54, 1.807) is 24.3 Å². The topological polar surface area (TPSA) is 52.4 Å². The van der Waals surface area contributed by atoms with Crippen LogP contribution in [0.25, 0.3) is 6.08 Å². The number of non-ortho nitro benzene ring substituents is 1. The maximum absolute atomic E-state index is 10.4. The van der Waals surface area contributed by atoms with Crippen molar-refractivity contribution in [1.82, 2.24) is 0 Å². The van der Waals surface area contributed by atoms with Gasteiger partial charge in [0.2, 0.25) is 0 Å². The molecule has 0 atom stereocenters. The molecule has 0 unspecified atom stereocenters. The molecule has 0 radical (unpaired) electrons. The van der Waals surface area contributed by atoms with Crippen molar-refractivity contribution >= 4 is 29.0 Å². The van der Waals surface area contributed by atoms with Crippen molar-refractivity contribution in [3.63, 3.8) is 0 Å². The van der Waals surface area contributed by atoms with E-state index >= 15 is 0 Å². The normalized spacial score (nSPS) is 10.3. The van der Waals surface area contributed by atoms with Crippen LogP contribution >= 0.6 is 12.2 Å². The fourth-order valence-electron chi connectivity index (χ4n) is 1.06. The van der Waals surface area contributed by atoms with E-state index in [-0.39, 0.29) is 5.69 Å². The first kappa shape index (κ1) is 12.3. The molecule has 1 rings (SSSR count). The second kappa shape index (κ2) is 5.97. The third kappa shape index (κ3) is 3.78. The summed E-state index contributed by atoms with van der Waals surface area (Å²) in [5.41, 5.74) is 0.914. The monoisotopic (exact) mass is 237 g/mol. The molecule has 0 bridgehead atoms. The van der Waals surface area contributed by atoms with Gasteiger partial charge in [-0.15, -0.1) is 0 Å². The highest BCUT2D eigenvalue weighted by Gasteiger charge is 2.02. The number of hydrogen-bond donors (Lipinski definition) is 0. The molecule has 16 heavy (non-hydrogen) atoms. The highest BCUT2D eigenvalue weighted by Crippen LogP contribution is 2.12. The lowest BCUT2D eigenvalue weighted by molar-refractivity contribution is -0.384. The van der Waals surface area contributed by atoms with Crippen molar-refractivity contribution in [2.24, 2.45) is 0 Å². The van der Waals surface area contributed by atoms with Gasteiger partial charge in [-0.3, -0.25) is 10.1 Å². The lowest BCUT2D eigenvalue weighted by atomic mass is 10.2. The Bertz CT molecular complexity index is 412. The van der Waals surface area contributed by atoms with Gasteiger partial charge in [-0.2, -0.15) is 0 Å². The van der Waals surface area contributed by atoms with E-state index in [1.165, 1.54) is 12.1 Å². The van der Waals surface area contributed by atoms with Gasteiger partial charge in [0.25, 0.3) is 5.69 Å². The van der Waals surface area contributed by atoms with Gasteiger partial charge >= 0.3 is 0 Å². The molecule has 1 aromatic carbocycles. The summed E-state index contributed by atoms with van der Waals surface area (Å²) < 4.78 is 5.06. The molecule has 0 aliphatic carbocycles. The van der Waals surface area contributed by atoms with Gasteiger partial charge in [-0.1, -0.05) is 6.08 Å². The zero-order valence-electron chi connectivity index (χ0n) is 8.75. The van der Waals surface area contributed by atoms with Gasteiger partial charge in [0.05, 0.1) is 11.5 Å². The third-order valence-corrected chi connectivity index (χ3v) is 2.06. The lowest BCUT2D eigenvalue weighted by Crippen LogP contribution is -1.95. The van der Waals surface area contributed by atoms with Gasteiger partial charge in [0.15, 0.2) is 5.05 Å². The summed E-state index contributed by atoms with van der Waals surface area (Å²) in [4.78, 5) is 9.98. The molecular formula is C11H11NO3S. The summed E-state index contributed by atoms with van der Waals surface area (Å²) in [5, 5.41) is 10.8. The predicted molar refractivity (Wildman–Crippen MR) is 66.4 cm³/mol. The van der Waals surface area contributed by atoms with Crippen LogP contribution in [0, 0.1) is 10.1 Å². The third-order valence-electron chi connectivity index (χ3n) is 1.80. The number of benzene rings is 1. The van der Waals surface area contributed by atoms with E-state index in [2.05, 4.69) is 0 Å². The van der Waals surface area contributed by atoms with Crippen LogP contribution in [0.4, 0.5) is 5.69 Å². The van der Waals surface area contributed by atoms with Crippen molar-refractivity contribution in [3.8, 4) is 0 Å². The molecular weight excluding hydrogens is 226 g/mol. The average molecular weight is 237 g/mol. The van der Waals surface area contributed by atoms with Crippen LogP contribution in [-0.2, 0) is 4.74 Å². The average Bonchev–Trinajstić information content (AvgIpc) is 2.27. The Morgan fingerprint density at radius 1 is 1.50 bits per heavy atom. The summed E-state index contributed by atoms with van der Waals surface area (Å²) in [6, 6.07) is 6.21. The molecule has 84 valence electrons. The summed E-state index contributed by atoms with van der Waals surface area (Å²) in [5.74, 6) is 0. The Balaban J connectivity index is 2.68. The van der Waals surface area contributed by atoms with Crippen LogP contribution in [0.15, 0.2) is 30.3 Å². The highest BCUT2D eigenvalue weighted by molar-refractivity contribution is 7.80. The zero-order valence-corrected chi connectivity index (χ0v) is 9.57. The number of ether oxygens (including phenoxy) is 1. The summed E-state index contributed by atoms with van der Waals surface area (Å²) in [6.45, 7) is 2.38. The maximum Gasteiger partial charge on any atom is 0.269 e. The largest absolute Gasteiger partial charge is 0.484 e. The van der Waals surface area contributed by atoms with E-state index in [0.717, 1.165) is 5.56 Å². The fourth-order valence-corrected chi connectivity index (χ4v) is 1.25. The molecule has 0 aliphatic rings. The molecule has 0 saturated heterocycles. The number of thiocarbonyl (C=S) groups is 1. The maximum atomic E-state index is 10.4. The van der Waals surface area contributed by atoms with E-state index in [9.17, 15) is 10.1 Å². The minimum atomic E-state index is -0.432. The molecule has 0 heterocycles. The Morgan fingerprint density at radius 2 is 2.12 bits per heavy atom. The Morgan fingerprint density at radius 3 is 2.62 bits per heavy atom. The molecule has 5 heteroatoms. The summed E-state index contributed by atoms with van der Waals surface area (Å²) in [7, 11) is 0. The second-order valence-corrected chi connectivity index (χ2v) is 3.34. The Kier molecular flexibility index (Phi) is 4.60. The van der Waals surface area contributed by atoms with Crippen LogP contribution in [0.5, 0.6) is 0 Å². The highest BCUT2D eigenvalue weighted by atomic mass is 32.1. The minimum absolute atomic E-state index is 0.0736. The molecule has 0 aliphatic heterocycles. The van der Waals surface area contributed by atoms with Gasteiger partial charge in [0, 0.05) is 12.1 Å². The van der Waals surface area contributed by atoms with Crippen LogP contribution in [0.1, 0.15) is 12.5 Å². The van der Waals surface area contributed by atoms with E-state index in [0.29, 0.717) is 11.7 Å². The first-order chi connectivity index (χ1) is 7.63. The van der Waals surface area contributed by atoms with Crippen molar-refractivity contribution < 1.29 is 9.66 Å². The number of nitrogens with zero attached hydrogens (tertiary/aromatic N) is 1. The van der Waals surface area contributed by atoms with Crippen LogP contribution in [0.3, 0.4) is 0 Å². The smallest absolute Gasteiger partial charge is 0.269 e. The van der Waals surface area contributed by atoms with E-state index < -0.39 is 4.92 Å². The Hall–Kier alpha value is -1.75. The number of hydrogen-bond acceptors (Lipinski definition) is 4.